The zero-order chi connectivity index (χ0) is 18.8. The van der Waals surface area contributed by atoms with Gasteiger partial charge in [-0.25, -0.2) is 4.79 Å². The van der Waals surface area contributed by atoms with Crippen LogP contribution in [0.1, 0.15) is 47.0 Å². The number of carbonyl (C=O) groups is 1. The first-order valence-electron chi connectivity index (χ1n) is 9.93. The fourth-order valence-electron chi connectivity index (χ4n) is 3.61. The quantitative estimate of drug-likeness (QED) is 0.729. The van der Waals surface area contributed by atoms with E-state index in [-0.39, 0.29) is 12.1 Å². The fourth-order valence-corrected chi connectivity index (χ4v) is 3.61. The van der Waals surface area contributed by atoms with Crippen LogP contribution >= 0.6 is 0 Å². The second kappa shape index (κ2) is 7.62. The van der Waals surface area contributed by atoms with Crippen molar-refractivity contribution in [2.24, 2.45) is 10.4 Å². The summed E-state index contributed by atoms with van der Waals surface area (Å²) in [5, 5.41) is 3.58. The molecule has 7 nitrogen and oxygen atoms in total. The highest BCUT2D eigenvalue weighted by molar-refractivity contribution is 5.82. The van der Waals surface area contributed by atoms with E-state index in [9.17, 15) is 4.79 Å². The lowest BCUT2D eigenvalue weighted by Crippen LogP contribution is -2.57. The zero-order valence-electron chi connectivity index (χ0n) is 16.7. The van der Waals surface area contributed by atoms with Crippen LogP contribution in [0, 0.1) is 5.41 Å². The summed E-state index contributed by atoms with van der Waals surface area (Å²) in [4.78, 5) is 21.1. The molecule has 2 fully saturated rings. The van der Waals surface area contributed by atoms with E-state index >= 15 is 0 Å². The second-order valence-electron chi connectivity index (χ2n) is 8.74. The van der Waals surface area contributed by atoms with E-state index in [1.807, 2.05) is 32.6 Å². The standard InChI is InChI=1S/C19H34N4O3/c1-5-25-11-8-19(6-7-19)14-21-16-20-12-15-13-22(9-10-23(15)16)17(24)26-18(2,3)4/h15H,5-14H2,1-4H3,(H,20,21). The van der Waals surface area contributed by atoms with Gasteiger partial charge in [0.25, 0.3) is 0 Å². The molecule has 0 radical (unpaired) electrons. The largest absolute Gasteiger partial charge is 0.444 e. The maximum absolute atomic E-state index is 12.3. The Morgan fingerprint density at radius 1 is 1.35 bits per heavy atom. The van der Waals surface area contributed by atoms with Gasteiger partial charge in [0.15, 0.2) is 5.96 Å². The molecule has 1 N–H and O–H groups in total. The summed E-state index contributed by atoms with van der Waals surface area (Å²) < 4.78 is 11.0. The SMILES string of the molecule is CCOCCC1(CNC2=NCC3CN(C(=O)OC(C)(C)C)CCN23)CC1. The number of amides is 1. The predicted molar refractivity (Wildman–Crippen MR) is 101 cm³/mol. The molecule has 2 heterocycles. The first kappa shape index (κ1) is 19.3. The van der Waals surface area contributed by atoms with Gasteiger partial charge < -0.3 is 24.6 Å². The third-order valence-electron chi connectivity index (χ3n) is 5.42. The van der Waals surface area contributed by atoms with Crippen molar-refractivity contribution in [1.82, 2.24) is 15.1 Å². The normalized spacial score (nSPS) is 24.2. The van der Waals surface area contributed by atoms with Gasteiger partial charge >= 0.3 is 6.09 Å². The zero-order valence-corrected chi connectivity index (χ0v) is 16.7. The average Bonchev–Trinajstić information content (AvgIpc) is 3.22. The van der Waals surface area contributed by atoms with Crippen LogP contribution in [0.3, 0.4) is 0 Å². The molecule has 26 heavy (non-hydrogen) atoms. The predicted octanol–water partition coefficient (Wildman–Crippen LogP) is 2.07. The van der Waals surface area contributed by atoms with Crippen molar-refractivity contribution in [3.8, 4) is 0 Å². The maximum atomic E-state index is 12.3. The molecule has 3 aliphatic rings. The summed E-state index contributed by atoms with van der Waals surface area (Å²) in [6.07, 6.45) is 3.45. The Morgan fingerprint density at radius 3 is 2.77 bits per heavy atom. The second-order valence-corrected chi connectivity index (χ2v) is 8.74. The number of ether oxygens (including phenoxy) is 2. The van der Waals surface area contributed by atoms with Crippen molar-refractivity contribution in [3.63, 3.8) is 0 Å². The van der Waals surface area contributed by atoms with E-state index in [4.69, 9.17) is 14.5 Å². The van der Waals surface area contributed by atoms with E-state index in [0.29, 0.717) is 18.5 Å². The first-order valence-corrected chi connectivity index (χ1v) is 9.93. The van der Waals surface area contributed by atoms with Crippen LogP contribution < -0.4 is 5.32 Å². The van der Waals surface area contributed by atoms with Crippen LogP contribution in [0.4, 0.5) is 4.79 Å². The Kier molecular flexibility index (Phi) is 5.65. The maximum Gasteiger partial charge on any atom is 0.410 e. The van der Waals surface area contributed by atoms with Crippen molar-refractivity contribution >= 4 is 12.1 Å². The summed E-state index contributed by atoms with van der Waals surface area (Å²) in [5.74, 6) is 1.00. The van der Waals surface area contributed by atoms with Crippen molar-refractivity contribution in [2.75, 3.05) is 45.9 Å². The van der Waals surface area contributed by atoms with Gasteiger partial charge in [0.2, 0.25) is 0 Å². The van der Waals surface area contributed by atoms with Crippen molar-refractivity contribution in [3.05, 3.63) is 0 Å². The number of carbonyl (C=O) groups excluding carboxylic acids is 1. The Bertz CT molecular complexity index is 539. The molecule has 1 amide bonds. The lowest BCUT2D eigenvalue weighted by molar-refractivity contribution is 0.0137. The number of guanidine groups is 1. The Hall–Kier alpha value is -1.50. The van der Waals surface area contributed by atoms with Gasteiger partial charge in [0.1, 0.15) is 5.60 Å². The molecule has 0 aromatic rings. The number of hydrogen-bond donors (Lipinski definition) is 1. The van der Waals surface area contributed by atoms with Crippen LogP contribution in [-0.4, -0.2) is 79.4 Å². The van der Waals surface area contributed by atoms with Crippen LogP contribution in [-0.2, 0) is 9.47 Å². The summed E-state index contributed by atoms with van der Waals surface area (Å²) in [7, 11) is 0. The molecule has 1 unspecified atom stereocenters. The molecule has 0 aromatic carbocycles. The average molecular weight is 367 g/mol. The van der Waals surface area contributed by atoms with E-state index in [1.54, 1.807) is 0 Å². The summed E-state index contributed by atoms with van der Waals surface area (Å²) >= 11 is 0. The van der Waals surface area contributed by atoms with Gasteiger partial charge in [0.05, 0.1) is 12.6 Å². The van der Waals surface area contributed by atoms with Gasteiger partial charge in [-0.1, -0.05) is 0 Å². The number of nitrogens with one attached hydrogen (secondary N) is 1. The Labute approximate surface area is 157 Å². The Morgan fingerprint density at radius 2 is 2.12 bits per heavy atom. The number of nitrogens with zero attached hydrogens (tertiary/aromatic N) is 3. The van der Waals surface area contributed by atoms with Crippen LogP contribution in [0.25, 0.3) is 0 Å². The highest BCUT2D eigenvalue weighted by Crippen LogP contribution is 2.48. The number of rotatable bonds is 6. The van der Waals surface area contributed by atoms with Crippen LogP contribution in [0.15, 0.2) is 4.99 Å². The lowest BCUT2D eigenvalue weighted by atomic mass is 10.0. The third-order valence-corrected chi connectivity index (χ3v) is 5.42. The molecular weight excluding hydrogens is 332 g/mol. The van der Waals surface area contributed by atoms with Crippen molar-refractivity contribution < 1.29 is 14.3 Å². The van der Waals surface area contributed by atoms with Gasteiger partial charge in [0, 0.05) is 39.4 Å². The fraction of sp³-hybridized carbons (Fsp3) is 0.895. The third kappa shape index (κ3) is 4.81. The van der Waals surface area contributed by atoms with Gasteiger partial charge in [-0.15, -0.1) is 0 Å². The molecule has 3 rings (SSSR count). The smallest absolute Gasteiger partial charge is 0.410 e. The minimum absolute atomic E-state index is 0.216. The minimum Gasteiger partial charge on any atom is -0.444 e. The Balaban J connectivity index is 1.45. The molecule has 1 saturated carbocycles. The van der Waals surface area contributed by atoms with E-state index in [2.05, 4.69) is 10.2 Å². The summed E-state index contributed by atoms with van der Waals surface area (Å²) in [5.41, 5.74) is -0.0543. The number of hydrogen-bond acceptors (Lipinski definition) is 6. The number of piperazine rings is 1. The summed E-state index contributed by atoms with van der Waals surface area (Å²) in [6.45, 7) is 13.3. The first-order chi connectivity index (χ1) is 12.3. The van der Waals surface area contributed by atoms with Crippen LogP contribution in [0.5, 0.6) is 0 Å². The number of fused-ring (bicyclic) bond motifs is 1. The molecular formula is C19H34N4O3. The molecule has 7 heteroatoms. The molecule has 0 aromatic heterocycles. The minimum atomic E-state index is -0.451. The molecule has 0 spiro atoms. The van der Waals surface area contributed by atoms with Crippen LogP contribution in [0.2, 0.25) is 0 Å². The van der Waals surface area contributed by atoms with Gasteiger partial charge in [-0.2, -0.15) is 0 Å². The molecule has 148 valence electrons. The molecule has 2 aliphatic heterocycles. The molecule has 1 atom stereocenters. The molecule has 1 aliphatic carbocycles. The van der Waals surface area contributed by atoms with Gasteiger partial charge in [-0.3, -0.25) is 4.99 Å². The summed E-state index contributed by atoms with van der Waals surface area (Å²) in [6, 6.07) is 0.261. The monoisotopic (exact) mass is 366 g/mol. The van der Waals surface area contributed by atoms with Gasteiger partial charge in [-0.05, 0) is 52.4 Å². The lowest BCUT2D eigenvalue weighted by Gasteiger charge is -2.39. The highest BCUT2D eigenvalue weighted by Gasteiger charge is 2.43. The highest BCUT2D eigenvalue weighted by atomic mass is 16.6. The topological polar surface area (TPSA) is 66.4 Å². The van der Waals surface area contributed by atoms with E-state index in [0.717, 1.165) is 45.2 Å². The van der Waals surface area contributed by atoms with Crippen molar-refractivity contribution in [2.45, 2.75) is 58.6 Å². The molecule has 1 saturated heterocycles. The van der Waals surface area contributed by atoms with E-state index in [1.165, 1.54) is 12.8 Å². The number of aliphatic imine (C=N–C) groups is 1. The molecule has 0 bridgehead atoms. The van der Waals surface area contributed by atoms with Crippen molar-refractivity contribution in [1.29, 1.82) is 0 Å². The van der Waals surface area contributed by atoms with E-state index < -0.39 is 5.60 Å².